The Morgan fingerprint density at radius 2 is 2.25 bits per heavy atom. The van der Waals surface area contributed by atoms with E-state index in [1.54, 1.807) is 0 Å². The standard InChI is InChI=1S/C12H16N2O2/c1-8-3-4-9(2)11(5-8)14-12(15)13-6-10-7-16-10/h3-5,10H,6-7H2,1-2H3,(H2,13,14,15)/t10-/m0/s1. The number of benzene rings is 1. The fourth-order valence-electron chi connectivity index (χ4n) is 1.43. The molecule has 0 saturated carbocycles. The third kappa shape index (κ3) is 2.97. The lowest BCUT2D eigenvalue weighted by atomic mass is 10.1. The number of hydrogen-bond donors (Lipinski definition) is 2. The number of aryl methyl sites for hydroxylation is 2. The molecule has 1 fully saturated rings. The number of carbonyl (C=O) groups excluding carboxylic acids is 1. The highest BCUT2D eigenvalue weighted by molar-refractivity contribution is 5.90. The summed E-state index contributed by atoms with van der Waals surface area (Å²) in [6.07, 6.45) is 0.212. The SMILES string of the molecule is Cc1ccc(C)c(NC(=O)NC[C@H]2CO2)c1. The fraction of sp³-hybridized carbons (Fsp3) is 0.417. The second kappa shape index (κ2) is 4.53. The van der Waals surface area contributed by atoms with Crippen molar-refractivity contribution in [1.82, 2.24) is 5.32 Å². The van der Waals surface area contributed by atoms with Crippen molar-refractivity contribution in [3.63, 3.8) is 0 Å². The Hall–Kier alpha value is -1.55. The number of hydrogen-bond acceptors (Lipinski definition) is 2. The van der Waals surface area contributed by atoms with Crippen molar-refractivity contribution in [2.75, 3.05) is 18.5 Å². The molecule has 1 aromatic carbocycles. The number of carbonyl (C=O) groups is 1. The van der Waals surface area contributed by atoms with Gasteiger partial charge in [0.25, 0.3) is 0 Å². The number of rotatable bonds is 3. The molecule has 1 aromatic rings. The summed E-state index contributed by atoms with van der Waals surface area (Å²) >= 11 is 0. The fourth-order valence-corrected chi connectivity index (χ4v) is 1.43. The number of nitrogens with one attached hydrogen (secondary N) is 2. The van der Waals surface area contributed by atoms with Crippen LogP contribution in [0.1, 0.15) is 11.1 Å². The summed E-state index contributed by atoms with van der Waals surface area (Å²) in [5.41, 5.74) is 3.05. The highest BCUT2D eigenvalue weighted by Crippen LogP contribution is 2.16. The van der Waals surface area contributed by atoms with Crippen LogP contribution in [0.3, 0.4) is 0 Å². The molecule has 16 heavy (non-hydrogen) atoms. The molecule has 0 spiro atoms. The van der Waals surface area contributed by atoms with E-state index in [9.17, 15) is 4.79 Å². The zero-order chi connectivity index (χ0) is 11.5. The Morgan fingerprint density at radius 1 is 1.50 bits per heavy atom. The largest absolute Gasteiger partial charge is 0.371 e. The third-order valence-corrected chi connectivity index (χ3v) is 2.53. The zero-order valence-corrected chi connectivity index (χ0v) is 9.54. The molecule has 0 bridgehead atoms. The van der Waals surface area contributed by atoms with Crippen molar-refractivity contribution in [3.05, 3.63) is 29.3 Å². The van der Waals surface area contributed by atoms with Crippen LogP contribution in [0.25, 0.3) is 0 Å². The summed E-state index contributed by atoms with van der Waals surface area (Å²) in [5, 5.41) is 5.59. The van der Waals surface area contributed by atoms with Crippen LogP contribution in [0.4, 0.5) is 10.5 Å². The summed E-state index contributed by atoms with van der Waals surface area (Å²) in [5.74, 6) is 0. The first-order valence-electron chi connectivity index (χ1n) is 5.39. The first-order valence-corrected chi connectivity index (χ1v) is 5.39. The van der Waals surface area contributed by atoms with Crippen LogP contribution in [-0.4, -0.2) is 25.3 Å². The summed E-state index contributed by atoms with van der Waals surface area (Å²) < 4.78 is 5.01. The lowest BCUT2D eigenvalue weighted by Gasteiger charge is -2.09. The predicted octanol–water partition coefficient (Wildman–Crippen LogP) is 1.82. The van der Waals surface area contributed by atoms with Gasteiger partial charge in [0.05, 0.1) is 12.7 Å². The Kier molecular flexibility index (Phi) is 3.10. The molecule has 0 aromatic heterocycles. The summed E-state index contributed by atoms with van der Waals surface area (Å²) in [7, 11) is 0. The molecule has 1 saturated heterocycles. The highest BCUT2D eigenvalue weighted by Gasteiger charge is 2.22. The van der Waals surface area contributed by atoms with E-state index in [0.29, 0.717) is 6.54 Å². The van der Waals surface area contributed by atoms with E-state index in [2.05, 4.69) is 10.6 Å². The van der Waals surface area contributed by atoms with Gasteiger partial charge in [-0.2, -0.15) is 0 Å². The van der Waals surface area contributed by atoms with Gasteiger partial charge < -0.3 is 15.4 Å². The van der Waals surface area contributed by atoms with Gasteiger partial charge in [-0.1, -0.05) is 12.1 Å². The van der Waals surface area contributed by atoms with Gasteiger partial charge in [-0.05, 0) is 31.0 Å². The summed E-state index contributed by atoms with van der Waals surface area (Å²) in [4.78, 5) is 11.5. The maximum absolute atomic E-state index is 11.5. The van der Waals surface area contributed by atoms with Gasteiger partial charge in [-0.15, -0.1) is 0 Å². The normalized spacial score (nSPS) is 18.0. The molecule has 1 atom stereocenters. The number of ether oxygens (including phenoxy) is 1. The van der Waals surface area contributed by atoms with E-state index < -0.39 is 0 Å². The van der Waals surface area contributed by atoms with Gasteiger partial charge in [0, 0.05) is 12.2 Å². The van der Waals surface area contributed by atoms with Gasteiger partial charge in [0.15, 0.2) is 0 Å². The number of amides is 2. The van der Waals surface area contributed by atoms with Crippen molar-refractivity contribution in [1.29, 1.82) is 0 Å². The van der Waals surface area contributed by atoms with Gasteiger partial charge in [0.2, 0.25) is 0 Å². The second-order valence-corrected chi connectivity index (χ2v) is 4.11. The molecule has 0 unspecified atom stereocenters. The molecule has 1 heterocycles. The number of urea groups is 1. The van der Waals surface area contributed by atoms with Gasteiger partial charge in [-0.25, -0.2) is 4.79 Å². The molecule has 4 heteroatoms. The van der Waals surface area contributed by atoms with Crippen LogP contribution in [0.2, 0.25) is 0 Å². The maximum Gasteiger partial charge on any atom is 0.319 e. The van der Waals surface area contributed by atoms with E-state index in [1.807, 2.05) is 32.0 Å². The number of anilines is 1. The van der Waals surface area contributed by atoms with Crippen LogP contribution in [0, 0.1) is 13.8 Å². The zero-order valence-electron chi connectivity index (χ0n) is 9.54. The minimum atomic E-state index is -0.177. The second-order valence-electron chi connectivity index (χ2n) is 4.11. The van der Waals surface area contributed by atoms with Crippen molar-refractivity contribution >= 4 is 11.7 Å². The van der Waals surface area contributed by atoms with Gasteiger partial charge in [-0.3, -0.25) is 0 Å². The van der Waals surface area contributed by atoms with Crippen molar-refractivity contribution in [2.45, 2.75) is 20.0 Å². The smallest absolute Gasteiger partial charge is 0.319 e. The van der Waals surface area contributed by atoms with Crippen LogP contribution in [-0.2, 0) is 4.74 Å². The first kappa shape index (κ1) is 11.0. The molecule has 0 radical (unpaired) electrons. The Balaban J connectivity index is 1.91. The first-order chi connectivity index (χ1) is 7.65. The Bertz CT molecular complexity index is 400. The quantitative estimate of drug-likeness (QED) is 0.763. The van der Waals surface area contributed by atoms with E-state index in [-0.39, 0.29) is 12.1 Å². The van der Waals surface area contributed by atoms with Crippen LogP contribution >= 0.6 is 0 Å². The topological polar surface area (TPSA) is 53.7 Å². The Labute approximate surface area is 95.0 Å². The Morgan fingerprint density at radius 3 is 2.94 bits per heavy atom. The predicted molar refractivity (Wildman–Crippen MR) is 62.7 cm³/mol. The lowest BCUT2D eigenvalue weighted by molar-refractivity contribution is 0.250. The minimum Gasteiger partial charge on any atom is -0.371 e. The molecular formula is C12H16N2O2. The van der Waals surface area contributed by atoms with Crippen molar-refractivity contribution < 1.29 is 9.53 Å². The lowest BCUT2D eigenvalue weighted by Crippen LogP contribution is -2.32. The number of epoxide rings is 1. The van der Waals surface area contributed by atoms with E-state index in [1.165, 1.54) is 0 Å². The molecule has 2 rings (SSSR count). The van der Waals surface area contributed by atoms with E-state index >= 15 is 0 Å². The molecule has 4 nitrogen and oxygen atoms in total. The molecule has 2 amide bonds. The minimum absolute atomic E-state index is 0.177. The van der Waals surface area contributed by atoms with Crippen LogP contribution in [0.15, 0.2) is 18.2 Å². The maximum atomic E-state index is 11.5. The van der Waals surface area contributed by atoms with Crippen LogP contribution < -0.4 is 10.6 Å². The van der Waals surface area contributed by atoms with Crippen molar-refractivity contribution in [2.24, 2.45) is 0 Å². The average molecular weight is 220 g/mol. The average Bonchev–Trinajstić information content (AvgIpc) is 3.04. The summed E-state index contributed by atoms with van der Waals surface area (Å²) in [6, 6.07) is 5.80. The molecule has 0 aliphatic carbocycles. The van der Waals surface area contributed by atoms with E-state index in [0.717, 1.165) is 23.4 Å². The third-order valence-electron chi connectivity index (χ3n) is 2.53. The van der Waals surface area contributed by atoms with Gasteiger partial charge in [0.1, 0.15) is 0 Å². The molecule has 2 N–H and O–H groups in total. The molecule has 86 valence electrons. The highest BCUT2D eigenvalue weighted by atomic mass is 16.6. The van der Waals surface area contributed by atoms with Crippen molar-refractivity contribution in [3.8, 4) is 0 Å². The van der Waals surface area contributed by atoms with Crippen LogP contribution in [0.5, 0.6) is 0 Å². The summed E-state index contributed by atoms with van der Waals surface area (Å²) in [6.45, 7) is 5.31. The van der Waals surface area contributed by atoms with E-state index in [4.69, 9.17) is 4.74 Å². The molecular weight excluding hydrogens is 204 g/mol. The van der Waals surface area contributed by atoms with Gasteiger partial charge >= 0.3 is 6.03 Å². The molecule has 1 aliphatic rings. The monoisotopic (exact) mass is 220 g/mol. The molecule has 1 aliphatic heterocycles.